The van der Waals surface area contributed by atoms with Gasteiger partial charge in [-0.2, -0.15) is 0 Å². The van der Waals surface area contributed by atoms with Crippen molar-refractivity contribution in [3.63, 3.8) is 0 Å². The van der Waals surface area contributed by atoms with Crippen molar-refractivity contribution in [2.24, 2.45) is 0 Å². The van der Waals surface area contributed by atoms with E-state index in [4.69, 9.17) is 0 Å². The Morgan fingerprint density at radius 2 is 1.48 bits per heavy atom. The highest BCUT2D eigenvalue weighted by atomic mass is 14.9. The maximum absolute atomic E-state index is 4.29. The monoisotopic (exact) mass is 334 g/mol. The lowest BCUT2D eigenvalue weighted by Gasteiger charge is -2.03. The van der Waals surface area contributed by atoms with Crippen molar-refractivity contribution in [1.82, 2.24) is 19.9 Å². The standard InChI is InChI=1S/C11H14N2.C10H12N2/c1-7(2)10-8(3)13-11-9(10)5-4-6-12-11;1-7(2)9-6-12-10-8(9)4-3-5-11-10/h4-7H,1-3H3,(H,12,13);3-7H,1-2H3,(H,11,12). The average molecular weight is 334 g/mol. The lowest BCUT2D eigenvalue weighted by molar-refractivity contribution is 0.864. The summed E-state index contributed by atoms with van der Waals surface area (Å²) in [5, 5.41) is 2.50. The number of aromatic amines is 2. The van der Waals surface area contributed by atoms with Crippen molar-refractivity contribution in [2.45, 2.75) is 46.5 Å². The summed E-state index contributed by atoms with van der Waals surface area (Å²) in [5.74, 6) is 1.11. The molecule has 0 aliphatic carbocycles. The predicted octanol–water partition coefficient (Wildman–Crippen LogP) is 5.68. The maximum Gasteiger partial charge on any atom is 0.137 e. The Morgan fingerprint density at radius 1 is 0.840 bits per heavy atom. The van der Waals surface area contributed by atoms with Crippen molar-refractivity contribution in [3.05, 3.63) is 59.7 Å². The largest absolute Gasteiger partial charge is 0.346 e. The second kappa shape index (κ2) is 7.09. The van der Waals surface area contributed by atoms with E-state index in [0.29, 0.717) is 11.8 Å². The normalized spacial score (nSPS) is 11.3. The third kappa shape index (κ3) is 3.43. The highest BCUT2D eigenvalue weighted by Crippen LogP contribution is 2.27. The van der Waals surface area contributed by atoms with Crippen LogP contribution in [0.15, 0.2) is 42.9 Å². The molecular formula is C21H26N4. The molecule has 0 saturated carbocycles. The van der Waals surface area contributed by atoms with Crippen LogP contribution in [0.3, 0.4) is 0 Å². The van der Waals surface area contributed by atoms with Crippen molar-refractivity contribution < 1.29 is 0 Å². The minimum Gasteiger partial charge on any atom is -0.346 e. The van der Waals surface area contributed by atoms with Gasteiger partial charge in [-0.05, 0) is 54.2 Å². The van der Waals surface area contributed by atoms with Gasteiger partial charge in [0.05, 0.1) is 0 Å². The Morgan fingerprint density at radius 3 is 2.12 bits per heavy atom. The number of nitrogens with one attached hydrogen (secondary N) is 2. The lowest BCUT2D eigenvalue weighted by atomic mass is 10.0. The van der Waals surface area contributed by atoms with Crippen LogP contribution in [0.5, 0.6) is 0 Å². The number of H-pyrrole nitrogens is 2. The van der Waals surface area contributed by atoms with Crippen LogP contribution in [-0.2, 0) is 0 Å². The first kappa shape index (κ1) is 17.2. The molecule has 0 radical (unpaired) electrons. The van der Waals surface area contributed by atoms with Gasteiger partial charge in [-0.1, -0.05) is 27.7 Å². The second-order valence-corrected chi connectivity index (χ2v) is 7.02. The topological polar surface area (TPSA) is 57.4 Å². The molecule has 0 atom stereocenters. The first-order valence-electron chi connectivity index (χ1n) is 8.84. The van der Waals surface area contributed by atoms with Gasteiger partial charge in [0.15, 0.2) is 0 Å². The van der Waals surface area contributed by atoms with E-state index in [1.165, 1.54) is 27.6 Å². The molecule has 4 aromatic rings. The second-order valence-electron chi connectivity index (χ2n) is 7.02. The molecule has 4 rings (SSSR count). The molecule has 4 nitrogen and oxygen atoms in total. The fraction of sp³-hybridized carbons (Fsp3) is 0.333. The van der Waals surface area contributed by atoms with Crippen LogP contribution >= 0.6 is 0 Å². The molecule has 0 spiro atoms. The highest BCUT2D eigenvalue weighted by molar-refractivity contribution is 5.81. The molecule has 0 bridgehead atoms. The fourth-order valence-electron chi connectivity index (χ4n) is 3.37. The van der Waals surface area contributed by atoms with Gasteiger partial charge in [0.1, 0.15) is 11.3 Å². The molecule has 0 aromatic carbocycles. The molecule has 4 aromatic heterocycles. The molecule has 0 aliphatic rings. The van der Waals surface area contributed by atoms with Gasteiger partial charge in [0.2, 0.25) is 0 Å². The summed E-state index contributed by atoms with van der Waals surface area (Å²) in [4.78, 5) is 15.0. The Hall–Kier alpha value is -2.62. The fourth-order valence-corrected chi connectivity index (χ4v) is 3.37. The zero-order valence-electron chi connectivity index (χ0n) is 15.6. The summed E-state index contributed by atoms with van der Waals surface area (Å²) < 4.78 is 0. The Labute approximate surface area is 148 Å². The molecule has 0 fully saturated rings. The number of aromatic nitrogens is 4. The first-order valence-corrected chi connectivity index (χ1v) is 8.84. The predicted molar refractivity (Wildman–Crippen MR) is 105 cm³/mol. The van der Waals surface area contributed by atoms with Gasteiger partial charge in [-0.3, -0.25) is 0 Å². The van der Waals surface area contributed by atoms with Gasteiger partial charge in [0.25, 0.3) is 0 Å². The SMILES string of the molecule is CC(C)c1c[nH]c2ncccc12.Cc1[nH]c2ncccc2c1C(C)C. The zero-order valence-corrected chi connectivity index (χ0v) is 15.6. The number of aryl methyl sites for hydroxylation is 1. The van der Waals surface area contributed by atoms with Crippen LogP contribution in [0.4, 0.5) is 0 Å². The summed E-state index contributed by atoms with van der Waals surface area (Å²) in [6.45, 7) is 10.9. The van der Waals surface area contributed by atoms with E-state index in [2.05, 4.69) is 66.7 Å². The smallest absolute Gasteiger partial charge is 0.137 e. The number of fused-ring (bicyclic) bond motifs is 2. The number of rotatable bonds is 2. The summed E-state index contributed by atoms with van der Waals surface area (Å²) in [7, 11) is 0. The minimum absolute atomic E-state index is 0.554. The van der Waals surface area contributed by atoms with Crippen molar-refractivity contribution in [1.29, 1.82) is 0 Å². The van der Waals surface area contributed by atoms with E-state index >= 15 is 0 Å². The Balaban J connectivity index is 0.000000146. The van der Waals surface area contributed by atoms with Gasteiger partial charge < -0.3 is 9.97 Å². The van der Waals surface area contributed by atoms with Crippen LogP contribution in [-0.4, -0.2) is 19.9 Å². The van der Waals surface area contributed by atoms with Crippen molar-refractivity contribution >= 4 is 22.1 Å². The molecule has 25 heavy (non-hydrogen) atoms. The van der Waals surface area contributed by atoms with Crippen LogP contribution in [0, 0.1) is 6.92 Å². The number of hydrogen-bond acceptors (Lipinski definition) is 2. The molecule has 0 amide bonds. The van der Waals surface area contributed by atoms with E-state index in [0.717, 1.165) is 11.3 Å². The van der Waals surface area contributed by atoms with Crippen LogP contribution in [0.1, 0.15) is 56.4 Å². The number of pyridine rings is 2. The third-order valence-corrected chi connectivity index (χ3v) is 4.49. The van der Waals surface area contributed by atoms with Crippen LogP contribution in [0.2, 0.25) is 0 Å². The molecular weight excluding hydrogens is 308 g/mol. The zero-order chi connectivity index (χ0) is 18.0. The average Bonchev–Trinajstić information content (AvgIpc) is 3.15. The Kier molecular flexibility index (Phi) is 4.88. The van der Waals surface area contributed by atoms with Crippen LogP contribution < -0.4 is 0 Å². The summed E-state index contributed by atoms with van der Waals surface area (Å²) in [5.41, 5.74) is 5.97. The van der Waals surface area contributed by atoms with E-state index in [9.17, 15) is 0 Å². The van der Waals surface area contributed by atoms with E-state index < -0.39 is 0 Å². The molecule has 0 unspecified atom stereocenters. The quantitative estimate of drug-likeness (QED) is 0.495. The third-order valence-electron chi connectivity index (χ3n) is 4.49. The summed E-state index contributed by atoms with van der Waals surface area (Å²) in [6, 6.07) is 8.19. The molecule has 4 heteroatoms. The van der Waals surface area contributed by atoms with Gasteiger partial charge in [0, 0.05) is 35.1 Å². The van der Waals surface area contributed by atoms with Gasteiger partial charge in [-0.25, -0.2) is 9.97 Å². The minimum atomic E-state index is 0.554. The Bertz CT molecular complexity index is 976. The lowest BCUT2D eigenvalue weighted by Crippen LogP contribution is -1.87. The van der Waals surface area contributed by atoms with Crippen molar-refractivity contribution in [2.75, 3.05) is 0 Å². The van der Waals surface area contributed by atoms with Crippen molar-refractivity contribution in [3.8, 4) is 0 Å². The van der Waals surface area contributed by atoms with E-state index in [-0.39, 0.29) is 0 Å². The van der Waals surface area contributed by atoms with Crippen LogP contribution in [0.25, 0.3) is 22.1 Å². The molecule has 4 heterocycles. The molecule has 130 valence electrons. The molecule has 2 N–H and O–H groups in total. The number of nitrogens with zero attached hydrogens (tertiary/aromatic N) is 2. The van der Waals surface area contributed by atoms with Gasteiger partial charge in [-0.15, -0.1) is 0 Å². The highest BCUT2D eigenvalue weighted by Gasteiger charge is 2.11. The molecule has 0 saturated heterocycles. The van der Waals surface area contributed by atoms with E-state index in [1.54, 1.807) is 0 Å². The van der Waals surface area contributed by atoms with Gasteiger partial charge >= 0.3 is 0 Å². The first-order chi connectivity index (χ1) is 12.0. The summed E-state index contributed by atoms with van der Waals surface area (Å²) >= 11 is 0. The summed E-state index contributed by atoms with van der Waals surface area (Å²) in [6.07, 6.45) is 5.67. The molecule has 0 aliphatic heterocycles. The number of hydrogen-bond donors (Lipinski definition) is 2. The van der Waals surface area contributed by atoms with E-state index in [1.807, 2.05) is 30.7 Å². The maximum atomic E-state index is 4.29.